The van der Waals surface area contributed by atoms with E-state index in [0.717, 1.165) is 13.1 Å². The molecule has 0 N–H and O–H groups in total. The fourth-order valence-corrected chi connectivity index (χ4v) is 2.89. The van der Waals surface area contributed by atoms with Crippen molar-refractivity contribution < 1.29 is 13.6 Å². The van der Waals surface area contributed by atoms with Crippen LogP contribution in [-0.4, -0.2) is 47.9 Å². The van der Waals surface area contributed by atoms with Crippen LogP contribution in [0.25, 0.3) is 0 Å². The fourth-order valence-electron chi connectivity index (χ4n) is 2.47. The van der Waals surface area contributed by atoms with Gasteiger partial charge in [0.2, 0.25) is 0 Å². The van der Waals surface area contributed by atoms with E-state index in [4.69, 9.17) is 0 Å². The van der Waals surface area contributed by atoms with Gasteiger partial charge >= 0.3 is 0 Å². The molecule has 0 bridgehead atoms. The maximum absolute atomic E-state index is 12.9. The molecule has 1 aromatic carbocycles. The Morgan fingerprint density at radius 2 is 1.81 bits per heavy atom. The van der Waals surface area contributed by atoms with Crippen molar-refractivity contribution in [2.24, 2.45) is 0 Å². The summed E-state index contributed by atoms with van der Waals surface area (Å²) in [6, 6.07) is 4.85. The molecule has 0 aliphatic carbocycles. The molecule has 0 aromatic heterocycles. The van der Waals surface area contributed by atoms with Crippen molar-refractivity contribution in [1.29, 1.82) is 0 Å². The number of benzene rings is 1. The maximum atomic E-state index is 12.9. The third-order valence-electron chi connectivity index (χ3n) is 3.81. The molecule has 0 saturated carbocycles. The van der Waals surface area contributed by atoms with Crippen molar-refractivity contribution in [1.82, 2.24) is 9.80 Å². The van der Waals surface area contributed by atoms with Gasteiger partial charge in [0.15, 0.2) is 0 Å². The lowest BCUT2D eigenvalue weighted by Gasteiger charge is -2.37. The van der Waals surface area contributed by atoms with Gasteiger partial charge in [0.05, 0.1) is 0 Å². The summed E-state index contributed by atoms with van der Waals surface area (Å²) in [6.07, 6.45) is -2.59. The number of carbonyl (C=O) groups excluding carboxylic acids is 1. The fraction of sp³-hybridized carbons (Fsp3) is 0.533. The second-order valence-electron chi connectivity index (χ2n) is 5.46. The van der Waals surface area contributed by atoms with Crippen molar-refractivity contribution >= 4 is 21.8 Å². The molecule has 1 aromatic rings. The second-order valence-corrected chi connectivity index (χ2v) is 6.31. The van der Waals surface area contributed by atoms with Crippen molar-refractivity contribution in [3.05, 3.63) is 33.8 Å². The number of carbonyl (C=O) groups is 1. The molecule has 2 rings (SSSR count). The van der Waals surface area contributed by atoms with Gasteiger partial charge in [0.25, 0.3) is 12.3 Å². The lowest BCUT2D eigenvalue weighted by Crippen LogP contribution is -2.50. The van der Waals surface area contributed by atoms with E-state index in [9.17, 15) is 13.6 Å². The predicted octanol–water partition coefficient (Wildman–Crippen LogP) is 3.55. The minimum Gasteiger partial charge on any atom is -0.336 e. The molecule has 6 heteroatoms. The minimum absolute atomic E-state index is 0.137. The number of hydrogen-bond donors (Lipinski definition) is 0. The molecule has 1 aliphatic heterocycles. The monoisotopic (exact) mass is 360 g/mol. The molecule has 0 spiro atoms. The Kier molecular flexibility index (Phi) is 5.32. The van der Waals surface area contributed by atoms with Gasteiger partial charge in [-0.2, -0.15) is 0 Å². The zero-order valence-electron chi connectivity index (χ0n) is 12.2. The summed E-state index contributed by atoms with van der Waals surface area (Å²) in [5.74, 6) is -0.173. The van der Waals surface area contributed by atoms with Gasteiger partial charge in [0, 0.05) is 47.8 Å². The Bertz CT molecular complexity index is 514. The van der Waals surface area contributed by atoms with E-state index >= 15 is 0 Å². The summed E-state index contributed by atoms with van der Waals surface area (Å²) in [5.41, 5.74) is 0.188. The van der Waals surface area contributed by atoms with Crippen LogP contribution in [0.5, 0.6) is 0 Å². The summed E-state index contributed by atoms with van der Waals surface area (Å²) in [7, 11) is 0. The first-order chi connectivity index (χ1) is 9.90. The highest BCUT2D eigenvalue weighted by molar-refractivity contribution is 9.10. The Morgan fingerprint density at radius 1 is 1.19 bits per heavy atom. The summed E-state index contributed by atoms with van der Waals surface area (Å²) in [5, 5.41) is 0. The lowest BCUT2D eigenvalue weighted by molar-refractivity contribution is 0.0595. The van der Waals surface area contributed by atoms with E-state index in [-0.39, 0.29) is 11.5 Å². The molecule has 1 saturated heterocycles. The normalized spacial score (nSPS) is 16.8. The highest BCUT2D eigenvalue weighted by Crippen LogP contribution is 2.28. The largest absolute Gasteiger partial charge is 0.336 e. The van der Waals surface area contributed by atoms with Crippen LogP contribution in [-0.2, 0) is 0 Å². The molecule has 116 valence electrons. The van der Waals surface area contributed by atoms with Gasteiger partial charge < -0.3 is 4.90 Å². The van der Waals surface area contributed by atoms with Crippen molar-refractivity contribution in [3.8, 4) is 0 Å². The third kappa shape index (κ3) is 3.80. The highest BCUT2D eigenvalue weighted by Gasteiger charge is 2.24. The number of nitrogens with zero attached hydrogens (tertiary/aromatic N) is 2. The SMILES string of the molecule is CC(C)N1CCN(C(=O)c2ccc(Br)c(C(F)F)c2)CC1. The molecule has 1 fully saturated rings. The highest BCUT2D eigenvalue weighted by atomic mass is 79.9. The summed E-state index contributed by atoms with van der Waals surface area (Å²) >= 11 is 3.09. The Balaban J connectivity index is 2.09. The molecule has 3 nitrogen and oxygen atoms in total. The first-order valence-electron chi connectivity index (χ1n) is 7.01. The van der Waals surface area contributed by atoms with Crippen LogP contribution >= 0.6 is 15.9 Å². The standard InChI is InChI=1S/C15H19BrF2N2O/c1-10(2)19-5-7-20(8-6-19)15(21)11-3-4-13(16)12(9-11)14(17)18/h3-4,9-10,14H,5-8H2,1-2H3. The molecule has 0 radical (unpaired) electrons. The number of alkyl halides is 2. The van der Waals surface area contributed by atoms with Crippen molar-refractivity contribution in [3.63, 3.8) is 0 Å². The van der Waals surface area contributed by atoms with Crippen LogP contribution in [0.4, 0.5) is 8.78 Å². The van der Waals surface area contributed by atoms with Gasteiger partial charge in [-0.25, -0.2) is 8.78 Å². The number of halogens is 3. The van der Waals surface area contributed by atoms with Gasteiger partial charge in [-0.3, -0.25) is 9.69 Å². The quantitative estimate of drug-likeness (QED) is 0.822. The first-order valence-corrected chi connectivity index (χ1v) is 7.80. The average Bonchev–Trinajstić information content (AvgIpc) is 2.46. The van der Waals surface area contributed by atoms with Crippen LogP contribution in [0.2, 0.25) is 0 Å². The number of hydrogen-bond acceptors (Lipinski definition) is 2. The molecular weight excluding hydrogens is 342 g/mol. The summed E-state index contributed by atoms with van der Waals surface area (Å²) in [4.78, 5) is 16.4. The lowest BCUT2D eigenvalue weighted by atomic mass is 10.1. The molecule has 1 heterocycles. The topological polar surface area (TPSA) is 23.6 Å². The zero-order valence-corrected chi connectivity index (χ0v) is 13.7. The number of amides is 1. The third-order valence-corrected chi connectivity index (χ3v) is 4.53. The van der Waals surface area contributed by atoms with Gasteiger partial charge in [-0.15, -0.1) is 0 Å². The van der Waals surface area contributed by atoms with E-state index in [0.29, 0.717) is 29.2 Å². The predicted molar refractivity (Wildman–Crippen MR) is 81.7 cm³/mol. The van der Waals surface area contributed by atoms with E-state index in [1.165, 1.54) is 12.1 Å². The van der Waals surface area contributed by atoms with Crippen LogP contribution in [0.3, 0.4) is 0 Å². The summed E-state index contributed by atoms with van der Waals surface area (Å²) < 4.78 is 26.1. The van der Waals surface area contributed by atoms with Crippen LogP contribution in [0.15, 0.2) is 22.7 Å². The molecule has 0 unspecified atom stereocenters. The average molecular weight is 361 g/mol. The molecule has 1 aliphatic rings. The van der Waals surface area contributed by atoms with Gasteiger partial charge in [-0.1, -0.05) is 15.9 Å². The summed E-state index contributed by atoms with van der Waals surface area (Å²) in [6.45, 7) is 7.17. The molecular formula is C15H19BrF2N2O. The zero-order chi connectivity index (χ0) is 15.6. The van der Waals surface area contributed by atoms with Crippen LogP contribution in [0, 0.1) is 0 Å². The molecule has 21 heavy (non-hydrogen) atoms. The minimum atomic E-state index is -2.59. The molecule has 0 atom stereocenters. The van der Waals surface area contributed by atoms with E-state index in [1.54, 1.807) is 11.0 Å². The first kappa shape index (κ1) is 16.4. The van der Waals surface area contributed by atoms with Crippen molar-refractivity contribution in [2.75, 3.05) is 26.2 Å². The second kappa shape index (κ2) is 6.83. The Labute approximate surface area is 132 Å². The van der Waals surface area contributed by atoms with E-state index in [1.807, 2.05) is 0 Å². The van der Waals surface area contributed by atoms with Gasteiger partial charge in [-0.05, 0) is 32.0 Å². The van der Waals surface area contributed by atoms with E-state index in [2.05, 4.69) is 34.7 Å². The number of rotatable bonds is 3. The Morgan fingerprint density at radius 3 is 2.33 bits per heavy atom. The van der Waals surface area contributed by atoms with Crippen LogP contribution < -0.4 is 0 Å². The van der Waals surface area contributed by atoms with Crippen molar-refractivity contribution in [2.45, 2.75) is 26.3 Å². The number of piperazine rings is 1. The smallest absolute Gasteiger partial charge is 0.264 e. The Hall–Kier alpha value is -1.01. The maximum Gasteiger partial charge on any atom is 0.264 e. The van der Waals surface area contributed by atoms with Gasteiger partial charge in [0.1, 0.15) is 0 Å². The van der Waals surface area contributed by atoms with E-state index < -0.39 is 6.43 Å². The molecule has 1 amide bonds. The van der Waals surface area contributed by atoms with Crippen LogP contribution in [0.1, 0.15) is 36.2 Å².